The molecule has 0 aliphatic carbocycles. The Hall–Kier alpha value is -3.29. The molecule has 1 atom stereocenters. The zero-order valence-corrected chi connectivity index (χ0v) is 20.0. The van der Waals surface area contributed by atoms with E-state index in [1.807, 2.05) is 6.92 Å². The quantitative estimate of drug-likeness (QED) is 0.263. The Labute approximate surface area is 209 Å². The molecule has 37 heavy (non-hydrogen) atoms. The number of aliphatic hydroxyl groups is 2. The molecule has 0 radical (unpaired) electrons. The molecule has 1 aliphatic heterocycles. The molecule has 3 aromatic rings. The molecule has 2 aromatic heterocycles. The molecule has 1 amide bonds. The van der Waals surface area contributed by atoms with Crippen molar-refractivity contribution in [2.45, 2.75) is 44.6 Å². The number of carbonyl (C=O) groups excluding carboxylic acids is 1. The summed E-state index contributed by atoms with van der Waals surface area (Å²) in [5.41, 5.74) is 1.49. The molecular weight excluding hydrogens is 498 g/mol. The molecule has 4 rings (SSSR count). The topological polar surface area (TPSA) is 124 Å². The van der Waals surface area contributed by atoms with Gasteiger partial charge in [0.05, 0.1) is 11.4 Å². The van der Waals surface area contributed by atoms with Crippen LogP contribution in [0.2, 0.25) is 0 Å². The second kappa shape index (κ2) is 11.0. The summed E-state index contributed by atoms with van der Waals surface area (Å²) in [6, 6.07) is 5.24. The highest BCUT2D eigenvalue weighted by atomic mass is 19.4. The van der Waals surface area contributed by atoms with Gasteiger partial charge in [-0.1, -0.05) is 6.92 Å². The largest absolute Gasteiger partial charge is 0.480 e. The van der Waals surface area contributed by atoms with Crippen LogP contribution in [0.15, 0.2) is 24.3 Å². The van der Waals surface area contributed by atoms with Gasteiger partial charge < -0.3 is 24.8 Å². The number of nitrogens with zero attached hydrogens (tertiary/aromatic N) is 3. The lowest BCUT2D eigenvalue weighted by atomic mass is 10.0. The molecule has 200 valence electrons. The average molecular weight is 526 g/mol. The van der Waals surface area contributed by atoms with E-state index >= 15 is 0 Å². The number of aryl methyl sites for hydroxylation is 1. The molecule has 0 bridgehead atoms. The molecular formula is C24H27F4N5O4. The number of aromatic amines is 1. The number of piperidine rings is 1. The van der Waals surface area contributed by atoms with E-state index in [0.717, 1.165) is 0 Å². The summed E-state index contributed by atoms with van der Waals surface area (Å²) in [5, 5.41) is 22.9. The molecule has 3 heterocycles. The van der Waals surface area contributed by atoms with Crippen molar-refractivity contribution in [1.82, 2.24) is 25.2 Å². The first-order valence-electron chi connectivity index (χ1n) is 11.8. The summed E-state index contributed by atoms with van der Waals surface area (Å²) in [6.07, 6.45) is -4.71. The fraction of sp³-hybridized carbons (Fsp3) is 0.458. The Kier molecular flexibility index (Phi) is 7.95. The smallest absolute Gasteiger partial charge is 0.422 e. The van der Waals surface area contributed by atoms with Crippen molar-refractivity contribution >= 4 is 17.1 Å². The summed E-state index contributed by atoms with van der Waals surface area (Å²) < 4.78 is 57.7. The summed E-state index contributed by atoms with van der Waals surface area (Å²) in [5.74, 6) is -1.13. The van der Waals surface area contributed by atoms with Gasteiger partial charge in [0, 0.05) is 24.7 Å². The number of hydrogen-bond donors (Lipinski definition) is 4. The molecule has 0 saturated carbocycles. The number of fused-ring (bicyclic) bond motifs is 1. The van der Waals surface area contributed by atoms with E-state index in [1.54, 1.807) is 0 Å². The zero-order chi connectivity index (χ0) is 26.7. The van der Waals surface area contributed by atoms with Crippen molar-refractivity contribution in [3.05, 3.63) is 41.5 Å². The Morgan fingerprint density at radius 3 is 2.51 bits per heavy atom. The number of alkyl halides is 3. The molecule has 1 fully saturated rings. The van der Waals surface area contributed by atoms with Gasteiger partial charge in [-0.2, -0.15) is 13.2 Å². The number of aromatic nitrogens is 3. The van der Waals surface area contributed by atoms with Gasteiger partial charge in [0.15, 0.2) is 23.5 Å². The molecule has 1 aromatic carbocycles. The van der Waals surface area contributed by atoms with E-state index in [4.69, 9.17) is 9.84 Å². The van der Waals surface area contributed by atoms with Crippen LogP contribution in [0.25, 0.3) is 22.4 Å². The molecule has 1 aliphatic rings. The van der Waals surface area contributed by atoms with E-state index in [0.29, 0.717) is 49.3 Å². The van der Waals surface area contributed by atoms with Crippen molar-refractivity contribution in [3.8, 4) is 17.0 Å². The number of amides is 1. The van der Waals surface area contributed by atoms with Crippen LogP contribution in [0.3, 0.4) is 0 Å². The number of nitrogens with one attached hydrogen (secondary N) is 2. The first kappa shape index (κ1) is 26.8. The molecule has 1 saturated heterocycles. The maximum absolute atomic E-state index is 13.4. The number of rotatable bonds is 8. The third-order valence-electron chi connectivity index (χ3n) is 6.16. The lowest BCUT2D eigenvalue weighted by Gasteiger charge is -2.33. The third-order valence-corrected chi connectivity index (χ3v) is 6.16. The van der Waals surface area contributed by atoms with E-state index in [1.165, 1.54) is 29.2 Å². The van der Waals surface area contributed by atoms with Crippen molar-refractivity contribution in [2.75, 3.05) is 26.3 Å². The predicted octanol–water partition coefficient (Wildman–Crippen LogP) is 2.83. The van der Waals surface area contributed by atoms with Crippen molar-refractivity contribution in [3.63, 3.8) is 0 Å². The molecule has 13 heteroatoms. The second-order valence-electron chi connectivity index (χ2n) is 8.73. The predicted molar refractivity (Wildman–Crippen MR) is 125 cm³/mol. The van der Waals surface area contributed by atoms with Gasteiger partial charge >= 0.3 is 6.18 Å². The number of hydrogen-bond acceptors (Lipinski definition) is 7. The van der Waals surface area contributed by atoms with E-state index < -0.39 is 37.3 Å². The number of benzene rings is 1. The van der Waals surface area contributed by atoms with E-state index in [-0.39, 0.29) is 28.6 Å². The number of halogens is 4. The van der Waals surface area contributed by atoms with Gasteiger partial charge in [0.1, 0.15) is 24.3 Å². The minimum absolute atomic E-state index is 0.0000122. The molecule has 9 nitrogen and oxygen atoms in total. The van der Waals surface area contributed by atoms with Gasteiger partial charge in [-0.15, -0.1) is 0 Å². The highest BCUT2D eigenvalue weighted by Gasteiger charge is 2.32. The van der Waals surface area contributed by atoms with Crippen molar-refractivity contribution in [2.24, 2.45) is 0 Å². The lowest BCUT2D eigenvalue weighted by molar-refractivity contribution is -0.153. The molecule has 0 spiro atoms. The number of ether oxygens (including phenoxy) is 1. The zero-order valence-electron chi connectivity index (χ0n) is 20.0. The normalized spacial score (nSPS) is 15.8. The maximum Gasteiger partial charge on any atom is 0.422 e. The highest BCUT2D eigenvalue weighted by Crippen LogP contribution is 2.35. The van der Waals surface area contributed by atoms with E-state index in [9.17, 15) is 27.5 Å². The molecule has 1 unspecified atom stereocenters. The fourth-order valence-corrected chi connectivity index (χ4v) is 4.31. The van der Waals surface area contributed by atoms with Gasteiger partial charge in [-0.25, -0.2) is 14.4 Å². The van der Waals surface area contributed by atoms with Gasteiger partial charge in [0.2, 0.25) is 5.91 Å². The summed E-state index contributed by atoms with van der Waals surface area (Å²) in [6.45, 7) is 0.355. The van der Waals surface area contributed by atoms with Gasteiger partial charge in [-0.3, -0.25) is 10.1 Å². The number of carbonyl (C=O) groups is 1. The Morgan fingerprint density at radius 2 is 1.92 bits per heavy atom. The van der Waals surface area contributed by atoms with Gasteiger partial charge in [0.25, 0.3) is 0 Å². The van der Waals surface area contributed by atoms with E-state index in [2.05, 4.69) is 20.3 Å². The Balaban J connectivity index is 1.67. The summed E-state index contributed by atoms with van der Waals surface area (Å²) >= 11 is 0. The maximum atomic E-state index is 13.4. The second-order valence-corrected chi connectivity index (χ2v) is 8.73. The standard InChI is InChI=1S/C24H27F4N5O4/c1-2-16-18(13-3-5-14(25)6-4-13)31-19-21(37-12-24(26,27)28)20(32-22(19)30-16)23(36)29-15-7-9-33(10-8-15)17(35)11-34/h3-6,15,23,29,34,36H,2,7-12H2,1H3,(H,30,32). The van der Waals surface area contributed by atoms with Crippen LogP contribution in [0.5, 0.6) is 5.75 Å². The van der Waals surface area contributed by atoms with Crippen molar-refractivity contribution in [1.29, 1.82) is 0 Å². The third kappa shape index (κ3) is 6.17. The number of likely N-dealkylation sites (tertiary alicyclic amines) is 1. The van der Waals surface area contributed by atoms with Crippen LogP contribution in [0.4, 0.5) is 17.6 Å². The lowest BCUT2D eigenvalue weighted by Crippen LogP contribution is -2.46. The van der Waals surface area contributed by atoms with Crippen LogP contribution in [0, 0.1) is 5.82 Å². The summed E-state index contributed by atoms with van der Waals surface area (Å²) in [4.78, 5) is 25.1. The van der Waals surface area contributed by atoms with Gasteiger partial charge in [-0.05, 0) is 43.5 Å². The van der Waals surface area contributed by atoms with Crippen LogP contribution >= 0.6 is 0 Å². The molecule has 4 N–H and O–H groups in total. The van der Waals surface area contributed by atoms with Crippen LogP contribution < -0.4 is 10.1 Å². The summed E-state index contributed by atoms with van der Waals surface area (Å²) in [7, 11) is 0. The number of aliphatic hydroxyl groups excluding tert-OH is 2. The highest BCUT2D eigenvalue weighted by molar-refractivity contribution is 5.84. The fourth-order valence-electron chi connectivity index (χ4n) is 4.31. The Bertz CT molecular complexity index is 1240. The minimum Gasteiger partial charge on any atom is -0.480 e. The van der Waals surface area contributed by atoms with Crippen molar-refractivity contribution < 1.29 is 37.3 Å². The SMILES string of the molecule is CCc1nc2[nH]c(C(O)NC3CCN(C(=O)CO)CC3)c(OCC(F)(F)F)c2nc1-c1ccc(F)cc1. The minimum atomic E-state index is -4.64. The van der Waals surface area contributed by atoms with Crippen LogP contribution in [-0.4, -0.2) is 74.5 Å². The first-order valence-corrected chi connectivity index (χ1v) is 11.8. The van der Waals surface area contributed by atoms with Crippen LogP contribution in [0.1, 0.15) is 37.4 Å². The first-order chi connectivity index (χ1) is 17.6. The average Bonchev–Trinajstić information content (AvgIpc) is 3.24. The monoisotopic (exact) mass is 525 g/mol. The number of H-pyrrole nitrogens is 1. The van der Waals surface area contributed by atoms with Crippen LogP contribution in [-0.2, 0) is 11.2 Å². The Morgan fingerprint density at radius 1 is 1.24 bits per heavy atom.